The fraction of sp³-hybridized carbons (Fsp3) is 0.382. The second-order valence-corrected chi connectivity index (χ2v) is 13.9. The maximum Gasteiger partial charge on any atom is 0.229 e. The largest absolute Gasteiger partial charge is 0.494 e. The van der Waals surface area contributed by atoms with Crippen LogP contribution in [0.15, 0.2) is 59.7 Å². The average Bonchev–Trinajstić information content (AvgIpc) is 3.57. The van der Waals surface area contributed by atoms with Crippen molar-refractivity contribution < 1.29 is 4.74 Å². The predicted octanol–water partition coefficient (Wildman–Crippen LogP) is 5.98. The van der Waals surface area contributed by atoms with Gasteiger partial charge in [-0.2, -0.15) is 10.1 Å². The zero-order chi connectivity index (χ0) is 33.9. The molecule has 3 aromatic heterocycles. The molecule has 3 N–H and O–H groups in total. The van der Waals surface area contributed by atoms with Gasteiger partial charge in [0.2, 0.25) is 5.95 Å². The van der Waals surface area contributed by atoms with Crippen LogP contribution < -0.4 is 25.0 Å². The van der Waals surface area contributed by atoms with Gasteiger partial charge in [-0.15, -0.1) is 0 Å². The number of halogens is 1. The van der Waals surface area contributed by atoms with Crippen molar-refractivity contribution in [3.05, 3.63) is 59.7 Å². The van der Waals surface area contributed by atoms with Crippen LogP contribution in [0.3, 0.4) is 0 Å². The molecule has 0 saturated carbocycles. The number of ether oxygens (including phenoxy) is 1. The highest BCUT2D eigenvalue weighted by Crippen LogP contribution is 2.42. The van der Waals surface area contributed by atoms with Crippen LogP contribution in [0.2, 0.25) is 0 Å². The molecular weight excluding hydrogens is 704 g/mol. The molecule has 0 atom stereocenters. The normalized spacial score (nSPS) is 16.2. The monoisotopic (exact) mass is 744 g/mol. The third-order valence-corrected chi connectivity index (χ3v) is 10.3. The van der Waals surface area contributed by atoms with E-state index in [-0.39, 0.29) is 0 Å². The van der Waals surface area contributed by atoms with Crippen LogP contribution in [0.5, 0.6) is 5.75 Å². The number of hydrogen-bond acceptors (Lipinski definition) is 13. The van der Waals surface area contributed by atoms with Crippen LogP contribution in [0.25, 0.3) is 22.2 Å². The highest BCUT2D eigenvalue weighted by atomic mass is 79.9. The summed E-state index contributed by atoms with van der Waals surface area (Å²) < 4.78 is 11.9. The van der Waals surface area contributed by atoms with Crippen molar-refractivity contribution in [2.45, 2.75) is 18.9 Å². The summed E-state index contributed by atoms with van der Waals surface area (Å²) in [6.07, 6.45) is 13.3. The number of hydrogen-bond donors (Lipinski definition) is 3. The Morgan fingerprint density at radius 2 is 1.71 bits per heavy atom. The van der Waals surface area contributed by atoms with Crippen molar-refractivity contribution in [1.29, 1.82) is 0 Å². The van der Waals surface area contributed by atoms with Crippen LogP contribution in [0, 0.1) is 0 Å². The minimum absolute atomic E-state index is 0.418. The first-order chi connectivity index (χ1) is 23.9. The minimum atomic E-state index is 0.418. The number of aromatic nitrogens is 6. The smallest absolute Gasteiger partial charge is 0.229 e. The van der Waals surface area contributed by atoms with Crippen LogP contribution in [-0.4, -0.2) is 105 Å². The van der Waals surface area contributed by atoms with Crippen LogP contribution in [-0.2, 0) is 7.05 Å². The molecule has 0 aliphatic carbocycles. The number of piperazine rings is 1. The molecule has 0 amide bonds. The second kappa shape index (κ2) is 14.7. The number of fused-ring (bicyclic) bond motifs is 1. The maximum absolute atomic E-state index is 5.98. The van der Waals surface area contributed by atoms with E-state index in [9.17, 15) is 0 Å². The van der Waals surface area contributed by atoms with E-state index in [1.54, 1.807) is 25.7 Å². The summed E-state index contributed by atoms with van der Waals surface area (Å²) >= 11 is 5.12. The molecule has 7 rings (SSSR count). The molecule has 2 aliphatic rings. The average molecular weight is 746 g/mol. The van der Waals surface area contributed by atoms with Gasteiger partial charge in [0.15, 0.2) is 0 Å². The fourth-order valence-electron chi connectivity index (χ4n) is 6.66. The van der Waals surface area contributed by atoms with Gasteiger partial charge in [-0.3, -0.25) is 19.5 Å². The van der Waals surface area contributed by atoms with Crippen molar-refractivity contribution in [1.82, 2.24) is 39.5 Å². The van der Waals surface area contributed by atoms with E-state index in [1.807, 2.05) is 36.3 Å². The van der Waals surface area contributed by atoms with E-state index in [4.69, 9.17) is 9.72 Å². The van der Waals surface area contributed by atoms with E-state index >= 15 is 0 Å². The van der Waals surface area contributed by atoms with E-state index in [1.165, 1.54) is 11.9 Å². The summed E-state index contributed by atoms with van der Waals surface area (Å²) in [5.41, 5.74) is 7.21. The van der Waals surface area contributed by atoms with Crippen molar-refractivity contribution in [3.63, 3.8) is 0 Å². The Labute approximate surface area is 299 Å². The van der Waals surface area contributed by atoms with Gasteiger partial charge < -0.3 is 29.9 Å². The first-order valence-electron chi connectivity index (χ1n) is 16.4. The first kappa shape index (κ1) is 33.3. The van der Waals surface area contributed by atoms with Gasteiger partial charge in [-0.1, -0.05) is 11.9 Å². The van der Waals surface area contributed by atoms with Gasteiger partial charge >= 0.3 is 0 Å². The lowest BCUT2D eigenvalue weighted by Gasteiger charge is -2.43. The molecule has 2 saturated heterocycles. The van der Waals surface area contributed by atoms with E-state index in [0.29, 0.717) is 28.0 Å². The van der Waals surface area contributed by atoms with E-state index < -0.39 is 0 Å². The van der Waals surface area contributed by atoms with Gasteiger partial charge in [0.25, 0.3) is 0 Å². The molecule has 5 aromatic rings. The third kappa shape index (κ3) is 7.25. The lowest BCUT2D eigenvalue weighted by atomic mass is 9.98. The van der Waals surface area contributed by atoms with Gasteiger partial charge in [-0.05, 0) is 54.0 Å². The summed E-state index contributed by atoms with van der Waals surface area (Å²) in [4.78, 5) is 26.1. The Bertz CT molecular complexity index is 1920. The van der Waals surface area contributed by atoms with Gasteiger partial charge in [0.1, 0.15) is 17.1 Å². The Balaban J connectivity index is 1.17. The first-order valence-corrected chi connectivity index (χ1v) is 18.4. The summed E-state index contributed by atoms with van der Waals surface area (Å²) in [5, 5.41) is 11.4. The summed E-state index contributed by atoms with van der Waals surface area (Å²) in [5.74, 6) is 1.72. The standard InChI is InChI=1S/C34H41BrN12OS/c1-44-13-15-46(16-14-44)23-7-11-47(12-8-23)29-18-30(48-3)28(17-24(29)22-19-39-45(2)21-22)41-34-38-20-25(35)33(42-34)40-27-6-5-26-31(32(27)43-49-4)37-10-9-36-26/h5-6,9-10,17-21,23,43H,7-8,11-16H2,1-4H3,(H2,38,40,41,42). The molecule has 256 valence electrons. The maximum atomic E-state index is 5.98. The van der Waals surface area contributed by atoms with Gasteiger partial charge in [0, 0.05) is 106 Å². The number of piperidine rings is 1. The molecular formula is C34H41BrN12OS. The molecule has 0 spiro atoms. The number of likely N-dealkylation sites (N-methyl/N-ethyl adjacent to an activating group) is 1. The predicted molar refractivity (Wildman–Crippen MR) is 202 cm³/mol. The van der Waals surface area contributed by atoms with Gasteiger partial charge in [-0.25, -0.2) is 4.98 Å². The molecule has 0 bridgehead atoms. The highest BCUT2D eigenvalue weighted by Gasteiger charge is 2.28. The molecule has 2 aromatic carbocycles. The molecule has 13 nitrogen and oxygen atoms in total. The van der Waals surface area contributed by atoms with Crippen LogP contribution in [0.1, 0.15) is 12.8 Å². The number of nitrogens with zero attached hydrogens (tertiary/aromatic N) is 9. The Morgan fingerprint density at radius 3 is 2.45 bits per heavy atom. The van der Waals surface area contributed by atoms with Gasteiger partial charge in [0.05, 0.1) is 40.4 Å². The quantitative estimate of drug-likeness (QED) is 0.145. The van der Waals surface area contributed by atoms with Crippen molar-refractivity contribution in [2.24, 2.45) is 7.05 Å². The molecule has 15 heteroatoms. The fourth-order valence-corrected chi connectivity index (χ4v) is 7.36. The summed E-state index contributed by atoms with van der Waals surface area (Å²) in [6, 6.07) is 8.79. The molecule has 49 heavy (non-hydrogen) atoms. The Kier molecular flexibility index (Phi) is 10.0. The lowest BCUT2D eigenvalue weighted by molar-refractivity contribution is 0.0982. The van der Waals surface area contributed by atoms with Crippen LogP contribution in [0.4, 0.5) is 34.5 Å². The number of methoxy groups -OCH3 is 1. The van der Waals surface area contributed by atoms with Crippen molar-refractivity contribution in [3.8, 4) is 16.9 Å². The van der Waals surface area contributed by atoms with Crippen LogP contribution >= 0.6 is 27.9 Å². The zero-order valence-corrected chi connectivity index (χ0v) is 30.6. The molecule has 0 radical (unpaired) electrons. The van der Waals surface area contributed by atoms with Crippen molar-refractivity contribution >= 4 is 73.4 Å². The lowest BCUT2D eigenvalue weighted by Crippen LogP contribution is -2.52. The third-order valence-electron chi connectivity index (χ3n) is 9.28. The molecule has 5 heterocycles. The Morgan fingerprint density at radius 1 is 0.918 bits per heavy atom. The summed E-state index contributed by atoms with van der Waals surface area (Å²) in [7, 11) is 5.86. The van der Waals surface area contributed by atoms with E-state index in [0.717, 1.165) is 97.0 Å². The summed E-state index contributed by atoms with van der Waals surface area (Å²) in [6.45, 7) is 6.56. The number of aryl methyl sites for hydroxylation is 1. The van der Waals surface area contributed by atoms with Crippen molar-refractivity contribution in [2.75, 3.05) is 79.9 Å². The minimum Gasteiger partial charge on any atom is -0.494 e. The number of anilines is 6. The zero-order valence-electron chi connectivity index (χ0n) is 28.1. The van der Waals surface area contributed by atoms with E-state index in [2.05, 4.69) is 91.4 Å². The SMILES string of the molecule is COc1cc(N2CCC(N3CCN(C)CC3)CC2)c(-c2cnn(C)c2)cc1Nc1ncc(Br)c(Nc2ccc3nccnc3c2NSC)n1. The molecule has 2 fully saturated rings. The molecule has 0 unspecified atom stereocenters. The number of nitrogens with one attached hydrogen (secondary N) is 3. The Hall–Kier alpha value is -4.18. The number of benzene rings is 2. The second-order valence-electron chi connectivity index (χ2n) is 12.4. The number of rotatable bonds is 10. The topological polar surface area (TPSA) is 124 Å². The molecule has 2 aliphatic heterocycles. The highest BCUT2D eigenvalue weighted by molar-refractivity contribution is 9.10.